The van der Waals surface area contributed by atoms with Crippen LogP contribution >= 0.6 is 11.8 Å². The normalized spacial score (nSPS) is 12.3. The van der Waals surface area contributed by atoms with Crippen LogP contribution < -0.4 is 9.47 Å². The first-order valence-electron chi connectivity index (χ1n) is 5.58. The molecule has 0 aliphatic carbocycles. The van der Waals surface area contributed by atoms with E-state index in [1.807, 2.05) is 0 Å². The SMILES string of the molecule is COc1cc(/C(C)=N/O)ccc1OCCSC(F)(F)F. The van der Waals surface area contributed by atoms with Crippen molar-refractivity contribution in [2.45, 2.75) is 12.4 Å². The van der Waals surface area contributed by atoms with Gasteiger partial charge >= 0.3 is 5.51 Å². The van der Waals surface area contributed by atoms with E-state index in [9.17, 15) is 13.2 Å². The quantitative estimate of drug-likeness (QED) is 0.378. The number of benzene rings is 1. The van der Waals surface area contributed by atoms with Gasteiger partial charge in [0.1, 0.15) is 0 Å². The second kappa shape index (κ2) is 7.28. The minimum Gasteiger partial charge on any atom is -0.493 e. The molecule has 0 heterocycles. The zero-order chi connectivity index (χ0) is 15.2. The number of hydrogen-bond acceptors (Lipinski definition) is 5. The Hall–Kier alpha value is -1.57. The second-order valence-electron chi connectivity index (χ2n) is 3.69. The minimum absolute atomic E-state index is 0.0903. The van der Waals surface area contributed by atoms with Gasteiger partial charge in [-0.1, -0.05) is 5.16 Å². The molecule has 0 aliphatic heterocycles. The van der Waals surface area contributed by atoms with Crippen LogP contribution in [0.25, 0.3) is 0 Å². The lowest BCUT2D eigenvalue weighted by molar-refractivity contribution is -0.0329. The van der Waals surface area contributed by atoms with E-state index in [4.69, 9.17) is 14.7 Å². The molecule has 0 saturated carbocycles. The molecule has 1 N–H and O–H groups in total. The number of hydrogen-bond donors (Lipinski definition) is 1. The zero-order valence-corrected chi connectivity index (χ0v) is 11.7. The van der Waals surface area contributed by atoms with Crippen molar-refractivity contribution in [3.8, 4) is 11.5 Å². The maximum atomic E-state index is 12.0. The van der Waals surface area contributed by atoms with Crippen molar-refractivity contribution in [2.24, 2.45) is 5.16 Å². The highest BCUT2D eigenvalue weighted by Crippen LogP contribution is 2.31. The Morgan fingerprint density at radius 2 is 2.05 bits per heavy atom. The highest BCUT2D eigenvalue weighted by atomic mass is 32.2. The van der Waals surface area contributed by atoms with E-state index in [0.29, 0.717) is 22.8 Å². The molecular weight excluding hydrogens is 295 g/mol. The van der Waals surface area contributed by atoms with Crippen LogP contribution in [0, 0.1) is 0 Å². The summed E-state index contributed by atoms with van der Waals surface area (Å²) in [5.74, 6) is 0.498. The lowest BCUT2D eigenvalue weighted by Crippen LogP contribution is -2.08. The van der Waals surface area contributed by atoms with Crippen LogP contribution in [0.1, 0.15) is 12.5 Å². The summed E-state index contributed by atoms with van der Waals surface area (Å²) in [6, 6.07) is 4.77. The molecule has 4 nitrogen and oxygen atoms in total. The molecule has 0 amide bonds. The Labute approximate surface area is 118 Å². The summed E-state index contributed by atoms with van der Waals surface area (Å²) in [5, 5.41) is 11.7. The average Bonchev–Trinajstić information content (AvgIpc) is 2.41. The molecule has 0 unspecified atom stereocenters. The number of ether oxygens (including phenoxy) is 2. The minimum atomic E-state index is -4.26. The summed E-state index contributed by atoms with van der Waals surface area (Å²) in [6.45, 7) is 1.52. The first-order chi connectivity index (χ1) is 9.37. The highest BCUT2D eigenvalue weighted by molar-refractivity contribution is 8.00. The molecule has 20 heavy (non-hydrogen) atoms. The molecule has 112 valence electrons. The van der Waals surface area contributed by atoms with E-state index in [-0.39, 0.29) is 24.1 Å². The van der Waals surface area contributed by atoms with Crippen LogP contribution in [0.2, 0.25) is 0 Å². The molecule has 0 saturated heterocycles. The molecular formula is C12H14F3NO3S. The van der Waals surface area contributed by atoms with Gasteiger partial charge in [0.05, 0.1) is 19.4 Å². The van der Waals surface area contributed by atoms with Crippen molar-refractivity contribution in [1.29, 1.82) is 0 Å². The van der Waals surface area contributed by atoms with Crippen molar-refractivity contribution < 1.29 is 27.9 Å². The molecule has 0 spiro atoms. The predicted octanol–water partition coefficient (Wildman–Crippen LogP) is 3.53. The molecule has 8 heteroatoms. The lowest BCUT2D eigenvalue weighted by atomic mass is 10.1. The summed E-state index contributed by atoms with van der Waals surface area (Å²) in [6.07, 6.45) is 0. The third-order valence-corrected chi connectivity index (χ3v) is 3.04. The van der Waals surface area contributed by atoms with Crippen molar-refractivity contribution in [2.75, 3.05) is 19.5 Å². The van der Waals surface area contributed by atoms with Crippen molar-refractivity contribution >= 4 is 17.5 Å². The number of methoxy groups -OCH3 is 1. The highest BCUT2D eigenvalue weighted by Gasteiger charge is 2.27. The number of oxime groups is 1. The van der Waals surface area contributed by atoms with Gasteiger partial charge in [0.15, 0.2) is 11.5 Å². The predicted molar refractivity (Wildman–Crippen MR) is 71.0 cm³/mol. The van der Waals surface area contributed by atoms with Gasteiger partial charge in [0, 0.05) is 11.3 Å². The fourth-order valence-corrected chi connectivity index (χ4v) is 1.78. The van der Waals surface area contributed by atoms with E-state index in [1.165, 1.54) is 7.11 Å². The third-order valence-electron chi connectivity index (χ3n) is 2.34. The van der Waals surface area contributed by atoms with Gasteiger partial charge in [-0.15, -0.1) is 0 Å². The summed E-state index contributed by atoms with van der Waals surface area (Å²) in [4.78, 5) is 0. The van der Waals surface area contributed by atoms with Gasteiger partial charge in [-0.25, -0.2) is 0 Å². The number of rotatable bonds is 6. The molecule has 0 fully saturated rings. The van der Waals surface area contributed by atoms with E-state index in [2.05, 4.69) is 5.16 Å². The second-order valence-corrected chi connectivity index (χ2v) is 4.85. The van der Waals surface area contributed by atoms with E-state index >= 15 is 0 Å². The van der Waals surface area contributed by atoms with E-state index in [1.54, 1.807) is 25.1 Å². The monoisotopic (exact) mass is 309 g/mol. The average molecular weight is 309 g/mol. The first-order valence-corrected chi connectivity index (χ1v) is 6.56. The summed E-state index contributed by atoms with van der Waals surface area (Å²) in [5.41, 5.74) is -3.24. The number of thioether (sulfide) groups is 1. The fraction of sp³-hybridized carbons (Fsp3) is 0.417. The Kier molecular flexibility index (Phi) is 6.00. The molecule has 1 aromatic carbocycles. The summed E-state index contributed by atoms with van der Waals surface area (Å²) in [7, 11) is 1.42. The van der Waals surface area contributed by atoms with Crippen LogP contribution in [0.5, 0.6) is 11.5 Å². The maximum absolute atomic E-state index is 12.0. The molecule has 0 aromatic heterocycles. The first kappa shape index (κ1) is 16.5. The van der Waals surface area contributed by atoms with Crippen LogP contribution in [0.4, 0.5) is 13.2 Å². The third kappa shape index (κ3) is 5.20. The molecule has 1 aromatic rings. The van der Waals surface area contributed by atoms with Gasteiger partial charge in [-0.3, -0.25) is 0 Å². The van der Waals surface area contributed by atoms with Crippen LogP contribution in [0.3, 0.4) is 0 Å². The Morgan fingerprint density at radius 3 is 2.60 bits per heavy atom. The van der Waals surface area contributed by atoms with E-state index < -0.39 is 5.51 Å². The molecule has 0 atom stereocenters. The summed E-state index contributed by atoms with van der Waals surface area (Å²) >= 11 is -0.140. The van der Waals surface area contributed by atoms with Crippen LogP contribution in [0.15, 0.2) is 23.4 Å². The maximum Gasteiger partial charge on any atom is 0.441 e. The molecule has 0 bridgehead atoms. The Balaban J connectivity index is 2.67. The number of nitrogens with zero attached hydrogens (tertiary/aromatic N) is 1. The van der Waals surface area contributed by atoms with Gasteiger partial charge in [-0.05, 0) is 36.9 Å². The largest absolute Gasteiger partial charge is 0.493 e. The summed E-state index contributed by atoms with van der Waals surface area (Å²) < 4.78 is 46.2. The zero-order valence-electron chi connectivity index (χ0n) is 10.9. The standard InChI is InChI=1S/C12H14F3NO3S/c1-8(16-17)9-3-4-10(11(7-9)18-2)19-5-6-20-12(13,14)15/h3-4,7,17H,5-6H2,1-2H3/b16-8+. The van der Waals surface area contributed by atoms with Gasteiger partial charge in [-0.2, -0.15) is 13.2 Å². The van der Waals surface area contributed by atoms with Gasteiger partial charge in [0.2, 0.25) is 0 Å². The van der Waals surface area contributed by atoms with Crippen molar-refractivity contribution in [3.63, 3.8) is 0 Å². The fourth-order valence-electron chi connectivity index (χ4n) is 1.38. The van der Waals surface area contributed by atoms with Gasteiger partial charge < -0.3 is 14.7 Å². The number of halogens is 3. The topological polar surface area (TPSA) is 51.0 Å². The van der Waals surface area contributed by atoms with E-state index in [0.717, 1.165) is 0 Å². The van der Waals surface area contributed by atoms with Gasteiger partial charge in [0.25, 0.3) is 0 Å². The Morgan fingerprint density at radius 1 is 1.35 bits per heavy atom. The number of alkyl halides is 3. The molecule has 0 aliphatic rings. The van der Waals surface area contributed by atoms with Crippen molar-refractivity contribution in [3.05, 3.63) is 23.8 Å². The van der Waals surface area contributed by atoms with Crippen molar-refractivity contribution in [1.82, 2.24) is 0 Å². The van der Waals surface area contributed by atoms with Crippen LogP contribution in [-0.2, 0) is 0 Å². The lowest BCUT2D eigenvalue weighted by Gasteiger charge is -2.12. The van der Waals surface area contributed by atoms with Crippen LogP contribution in [-0.4, -0.2) is 35.9 Å². The molecule has 1 rings (SSSR count). The smallest absolute Gasteiger partial charge is 0.441 e. The molecule has 0 radical (unpaired) electrons. The Bertz CT molecular complexity index is 478.